The summed E-state index contributed by atoms with van der Waals surface area (Å²) in [6.07, 6.45) is 1.70. The van der Waals surface area contributed by atoms with Crippen LogP contribution in [-0.2, 0) is 0 Å². The Morgan fingerprint density at radius 3 is 2.80 bits per heavy atom. The number of halogens is 1. The summed E-state index contributed by atoms with van der Waals surface area (Å²) in [5.41, 5.74) is 9.23. The summed E-state index contributed by atoms with van der Waals surface area (Å²) in [4.78, 5) is 4.31. The van der Waals surface area contributed by atoms with Gasteiger partial charge >= 0.3 is 0 Å². The molecular formula is C15H12ClN3O. The molecule has 5 heteroatoms. The summed E-state index contributed by atoms with van der Waals surface area (Å²) in [6.45, 7) is 1.98. The van der Waals surface area contributed by atoms with Crippen molar-refractivity contribution in [2.24, 2.45) is 0 Å². The second kappa shape index (κ2) is 4.98. The molecule has 0 aliphatic heterocycles. The molecule has 0 amide bonds. The van der Waals surface area contributed by atoms with Gasteiger partial charge in [0.1, 0.15) is 0 Å². The quantitative estimate of drug-likeness (QED) is 0.774. The van der Waals surface area contributed by atoms with Gasteiger partial charge in [0.15, 0.2) is 11.6 Å². The van der Waals surface area contributed by atoms with Gasteiger partial charge in [-0.15, -0.1) is 0 Å². The van der Waals surface area contributed by atoms with Gasteiger partial charge in [0.2, 0.25) is 0 Å². The van der Waals surface area contributed by atoms with E-state index in [1.54, 1.807) is 6.20 Å². The van der Waals surface area contributed by atoms with Crippen molar-refractivity contribution in [3.63, 3.8) is 0 Å². The molecule has 1 aromatic carbocycles. The van der Waals surface area contributed by atoms with Crippen molar-refractivity contribution in [2.75, 3.05) is 5.73 Å². The lowest BCUT2D eigenvalue weighted by Crippen LogP contribution is -1.91. The van der Waals surface area contributed by atoms with Crippen LogP contribution in [0.3, 0.4) is 0 Å². The van der Waals surface area contributed by atoms with Crippen LogP contribution in [0.25, 0.3) is 22.6 Å². The van der Waals surface area contributed by atoms with E-state index in [1.165, 1.54) is 0 Å². The zero-order chi connectivity index (χ0) is 14.1. The number of nitrogen functional groups attached to an aromatic ring is 1. The Hall–Kier alpha value is -2.33. The molecule has 2 aromatic heterocycles. The van der Waals surface area contributed by atoms with E-state index in [1.807, 2.05) is 43.3 Å². The van der Waals surface area contributed by atoms with Gasteiger partial charge in [0.05, 0.1) is 11.3 Å². The third-order valence-corrected chi connectivity index (χ3v) is 3.32. The monoisotopic (exact) mass is 285 g/mol. The van der Waals surface area contributed by atoms with Crippen molar-refractivity contribution in [3.05, 3.63) is 53.2 Å². The first-order valence-corrected chi connectivity index (χ1v) is 6.47. The molecule has 0 radical (unpaired) electrons. The summed E-state index contributed by atoms with van der Waals surface area (Å²) in [5, 5.41) is 4.49. The SMILES string of the molecule is Cc1ccc(Cl)cc1-c1onc(N)c1-c1ccccn1. The smallest absolute Gasteiger partial charge is 0.178 e. The Labute approximate surface area is 121 Å². The van der Waals surface area contributed by atoms with Gasteiger partial charge in [0, 0.05) is 16.8 Å². The Bertz CT molecular complexity index is 753. The third kappa shape index (κ3) is 2.14. The standard InChI is InChI=1S/C15H12ClN3O/c1-9-5-6-10(16)8-11(9)14-13(15(17)19-20-14)12-4-2-3-7-18-12/h2-8H,1H3,(H2,17,19). The normalized spacial score (nSPS) is 10.7. The van der Waals surface area contributed by atoms with Gasteiger partial charge in [-0.25, -0.2) is 0 Å². The van der Waals surface area contributed by atoms with Crippen molar-refractivity contribution in [1.29, 1.82) is 0 Å². The van der Waals surface area contributed by atoms with Crippen molar-refractivity contribution in [1.82, 2.24) is 10.1 Å². The van der Waals surface area contributed by atoms with Crippen LogP contribution in [0.15, 0.2) is 47.1 Å². The molecule has 0 aliphatic carbocycles. The highest BCUT2D eigenvalue weighted by atomic mass is 35.5. The van der Waals surface area contributed by atoms with Gasteiger partial charge in [-0.2, -0.15) is 0 Å². The third-order valence-electron chi connectivity index (χ3n) is 3.08. The number of hydrogen-bond acceptors (Lipinski definition) is 4. The van der Waals surface area contributed by atoms with Crippen LogP contribution in [0.2, 0.25) is 5.02 Å². The average Bonchev–Trinajstić information content (AvgIpc) is 2.84. The number of aromatic nitrogens is 2. The summed E-state index contributed by atoms with van der Waals surface area (Å²) in [6, 6.07) is 11.2. The van der Waals surface area contributed by atoms with Crippen molar-refractivity contribution in [3.8, 4) is 22.6 Å². The molecule has 3 aromatic rings. The second-order valence-electron chi connectivity index (χ2n) is 4.45. The van der Waals surface area contributed by atoms with Gasteiger partial charge in [-0.05, 0) is 36.8 Å². The number of anilines is 1. The van der Waals surface area contributed by atoms with Crippen LogP contribution in [0.5, 0.6) is 0 Å². The first-order chi connectivity index (χ1) is 9.66. The van der Waals surface area contributed by atoms with Crippen molar-refractivity contribution in [2.45, 2.75) is 6.92 Å². The van der Waals surface area contributed by atoms with E-state index in [-0.39, 0.29) is 0 Å². The van der Waals surface area contributed by atoms with E-state index in [0.29, 0.717) is 22.2 Å². The molecule has 0 aliphatic rings. The molecule has 4 nitrogen and oxygen atoms in total. The lowest BCUT2D eigenvalue weighted by Gasteiger charge is -2.05. The summed E-state index contributed by atoms with van der Waals surface area (Å²) < 4.78 is 5.40. The molecule has 0 bridgehead atoms. The number of nitrogens with two attached hydrogens (primary N) is 1. The molecule has 20 heavy (non-hydrogen) atoms. The fraction of sp³-hybridized carbons (Fsp3) is 0.0667. The Balaban J connectivity index is 2.24. The van der Waals surface area contributed by atoms with E-state index in [0.717, 1.165) is 16.8 Å². The summed E-state index contributed by atoms with van der Waals surface area (Å²) in [5.74, 6) is 0.902. The topological polar surface area (TPSA) is 64.9 Å². The number of benzene rings is 1. The molecule has 0 spiro atoms. The number of nitrogens with zero attached hydrogens (tertiary/aromatic N) is 2. The van der Waals surface area contributed by atoms with E-state index in [9.17, 15) is 0 Å². The van der Waals surface area contributed by atoms with E-state index >= 15 is 0 Å². The molecule has 0 saturated heterocycles. The largest absolute Gasteiger partial charge is 0.380 e. The summed E-state index contributed by atoms with van der Waals surface area (Å²) >= 11 is 6.06. The average molecular weight is 286 g/mol. The predicted octanol–water partition coefficient (Wildman–Crippen LogP) is 3.95. The molecule has 0 saturated carbocycles. The van der Waals surface area contributed by atoms with Crippen LogP contribution in [-0.4, -0.2) is 10.1 Å². The number of hydrogen-bond donors (Lipinski definition) is 1. The first kappa shape index (κ1) is 12.7. The van der Waals surface area contributed by atoms with Gasteiger partial charge in [-0.1, -0.05) is 28.9 Å². The van der Waals surface area contributed by atoms with E-state index < -0.39 is 0 Å². The lowest BCUT2D eigenvalue weighted by molar-refractivity contribution is 0.436. The minimum Gasteiger partial charge on any atom is -0.380 e. The van der Waals surface area contributed by atoms with Crippen LogP contribution < -0.4 is 5.73 Å². The molecule has 2 heterocycles. The maximum Gasteiger partial charge on any atom is 0.178 e. The first-order valence-electron chi connectivity index (χ1n) is 6.10. The van der Waals surface area contributed by atoms with Crippen molar-refractivity contribution >= 4 is 17.4 Å². The number of aryl methyl sites for hydroxylation is 1. The Morgan fingerprint density at radius 1 is 1.20 bits per heavy atom. The Kier molecular flexibility index (Phi) is 3.16. The minimum atomic E-state index is 0.318. The minimum absolute atomic E-state index is 0.318. The molecule has 0 fully saturated rings. The number of rotatable bonds is 2. The highest BCUT2D eigenvalue weighted by Crippen LogP contribution is 2.37. The Morgan fingerprint density at radius 2 is 2.05 bits per heavy atom. The lowest BCUT2D eigenvalue weighted by atomic mass is 10.0. The maximum atomic E-state index is 6.06. The van der Waals surface area contributed by atoms with Crippen LogP contribution >= 0.6 is 11.6 Å². The van der Waals surface area contributed by atoms with E-state index in [4.69, 9.17) is 21.9 Å². The fourth-order valence-electron chi connectivity index (χ4n) is 2.08. The van der Waals surface area contributed by atoms with Crippen LogP contribution in [0.1, 0.15) is 5.56 Å². The van der Waals surface area contributed by atoms with Gasteiger partial charge < -0.3 is 10.3 Å². The fourth-order valence-corrected chi connectivity index (χ4v) is 2.26. The molecular weight excluding hydrogens is 274 g/mol. The molecule has 3 rings (SSSR count). The summed E-state index contributed by atoms with van der Waals surface area (Å²) in [7, 11) is 0. The van der Waals surface area contributed by atoms with Gasteiger partial charge in [0.25, 0.3) is 0 Å². The highest BCUT2D eigenvalue weighted by molar-refractivity contribution is 6.30. The predicted molar refractivity (Wildman–Crippen MR) is 79.3 cm³/mol. The zero-order valence-electron chi connectivity index (χ0n) is 10.8. The van der Waals surface area contributed by atoms with Crippen molar-refractivity contribution < 1.29 is 4.52 Å². The zero-order valence-corrected chi connectivity index (χ0v) is 11.6. The van der Waals surface area contributed by atoms with Crippen LogP contribution in [0.4, 0.5) is 5.82 Å². The second-order valence-corrected chi connectivity index (χ2v) is 4.88. The maximum absolute atomic E-state index is 6.06. The van der Waals surface area contributed by atoms with E-state index in [2.05, 4.69) is 10.1 Å². The highest BCUT2D eigenvalue weighted by Gasteiger charge is 2.20. The number of pyridine rings is 1. The molecule has 2 N–H and O–H groups in total. The molecule has 0 unspecified atom stereocenters. The molecule has 0 atom stereocenters. The molecule has 100 valence electrons. The van der Waals surface area contributed by atoms with Gasteiger partial charge in [-0.3, -0.25) is 4.98 Å². The van der Waals surface area contributed by atoms with Crippen LogP contribution in [0, 0.1) is 6.92 Å².